The Morgan fingerprint density at radius 2 is 1.63 bits per heavy atom. The molecule has 1 saturated heterocycles. The highest BCUT2D eigenvalue weighted by Gasteiger charge is 2.31. The first-order valence-corrected chi connectivity index (χ1v) is 9.54. The standard InChI is InChI=1S/C22H26N2O3/c1-26-18-13-17(14-19(15-18)27-2)22(25)24-11-9-23(10-12-24)21-8-7-16-5-3-4-6-20(16)21/h3-6,13-15,21H,7-12H2,1-2H3. The average Bonchev–Trinajstić information content (AvgIpc) is 3.17. The van der Waals surface area contributed by atoms with Gasteiger partial charge in [0.25, 0.3) is 5.91 Å². The van der Waals surface area contributed by atoms with Crippen molar-refractivity contribution in [1.29, 1.82) is 0 Å². The SMILES string of the molecule is COc1cc(OC)cc(C(=O)N2CCN(C3CCc4ccccc43)CC2)c1. The molecule has 0 radical (unpaired) electrons. The number of benzene rings is 2. The minimum atomic E-state index is 0.0404. The molecular formula is C22H26N2O3. The van der Waals surface area contributed by atoms with Gasteiger partial charge in [0, 0.05) is 43.9 Å². The van der Waals surface area contributed by atoms with Crippen LogP contribution in [0.1, 0.15) is 33.9 Å². The van der Waals surface area contributed by atoms with E-state index < -0.39 is 0 Å². The third kappa shape index (κ3) is 3.52. The van der Waals surface area contributed by atoms with Gasteiger partial charge in [0.05, 0.1) is 14.2 Å². The minimum Gasteiger partial charge on any atom is -0.497 e. The molecule has 2 aromatic carbocycles. The molecule has 1 atom stereocenters. The van der Waals surface area contributed by atoms with Gasteiger partial charge in [0.1, 0.15) is 11.5 Å². The fourth-order valence-electron chi connectivity index (χ4n) is 4.26. The van der Waals surface area contributed by atoms with E-state index >= 15 is 0 Å². The zero-order chi connectivity index (χ0) is 18.8. The fourth-order valence-corrected chi connectivity index (χ4v) is 4.26. The number of methoxy groups -OCH3 is 2. The van der Waals surface area contributed by atoms with Crippen LogP contribution in [0.4, 0.5) is 0 Å². The zero-order valence-corrected chi connectivity index (χ0v) is 16.0. The van der Waals surface area contributed by atoms with Crippen LogP contribution in [-0.4, -0.2) is 56.1 Å². The molecule has 0 spiro atoms. The summed E-state index contributed by atoms with van der Waals surface area (Å²) in [4.78, 5) is 17.4. The lowest BCUT2D eigenvalue weighted by molar-refractivity contribution is 0.0567. The molecule has 0 aromatic heterocycles. The van der Waals surface area contributed by atoms with E-state index in [4.69, 9.17) is 9.47 Å². The summed E-state index contributed by atoms with van der Waals surface area (Å²) in [6.07, 6.45) is 2.34. The second-order valence-corrected chi connectivity index (χ2v) is 7.18. The summed E-state index contributed by atoms with van der Waals surface area (Å²) in [6, 6.07) is 14.6. The van der Waals surface area contributed by atoms with E-state index in [0.717, 1.165) is 32.6 Å². The van der Waals surface area contributed by atoms with E-state index in [1.54, 1.807) is 32.4 Å². The van der Waals surface area contributed by atoms with E-state index in [9.17, 15) is 4.79 Å². The lowest BCUT2D eigenvalue weighted by atomic mass is 10.1. The van der Waals surface area contributed by atoms with E-state index in [1.165, 1.54) is 17.5 Å². The van der Waals surface area contributed by atoms with Crippen LogP contribution in [0.15, 0.2) is 42.5 Å². The number of nitrogens with zero attached hydrogens (tertiary/aromatic N) is 2. The molecular weight excluding hydrogens is 340 g/mol. The average molecular weight is 366 g/mol. The molecule has 4 rings (SSSR count). The van der Waals surface area contributed by atoms with Crippen LogP contribution in [0.25, 0.3) is 0 Å². The summed E-state index contributed by atoms with van der Waals surface area (Å²) in [7, 11) is 3.20. The molecule has 5 heteroatoms. The van der Waals surface area contributed by atoms with E-state index in [0.29, 0.717) is 23.1 Å². The maximum Gasteiger partial charge on any atom is 0.254 e. The summed E-state index contributed by atoms with van der Waals surface area (Å²) in [5.74, 6) is 1.32. The van der Waals surface area contributed by atoms with E-state index in [1.807, 2.05) is 4.90 Å². The van der Waals surface area contributed by atoms with Gasteiger partial charge in [-0.1, -0.05) is 24.3 Å². The van der Waals surface area contributed by atoms with Gasteiger partial charge >= 0.3 is 0 Å². The summed E-state index contributed by atoms with van der Waals surface area (Å²) >= 11 is 0. The molecule has 0 N–H and O–H groups in total. The first-order chi connectivity index (χ1) is 13.2. The summed E-state index contributed by atoms with van der Waals surface area (Å²) in [6.45, 7) is 3.31. The Morgan fingerprint density at radius 1 is 0.963 bits per heavy atom. The highest BCUT2D eigenvalue weighted by atomic mass is 16.5. The van der Waals surface area contributed by atoms with Crippen LogP contribution in [0, 0.1) is 0 Å². The topological polar surface area (TPSA) is 42.0 Å². The smallest absolute Gasteiger partial charge is 0.254 e. The van der Waals surface area contributed by atoms with Gasteiger partial charge in [-0.05, 0) is 36.1 Å². The highest BCUT2D eigenvalue weighted by molar-refractivity contribution is 5.95. The number of amides is 1. The quantitative estimate of drug-likeness (QED) is 0.834. The monoisotopic (exact) mass is 366 g/mol. The van der Waals surface area contributed by atoms with Gasteiger partial charge in [-0.15, -0.1) is 0 Å². The zero-order valence-electron chi connectivity index (χ0n) is 16.0. The van der Waals surface area contributed by atoms with Crippen molar-refractivity contribution in [3.8, 4) is 11.5 Å². The van der Waals surface area contributed by atoms with Crippen molar-refractivity contribution in [2.24, 2.45) is 0 Å². The Balaban J connectivity index is 1.43. The molecule has 1 aliphatic carbocycles. The number of aryl methyl sites for hydroxylation is 1. The summed E-state index contributed by atoms with van der Waals surface area (Å²) < 4.78 is 10.6. The Morgan fingerprint density at radius 3 is 2.30 bits per heavy atom. The van der Waals surface area contributed by atoms with Crippen molar-refractivity contribution in [1.82, 2.24) is 9.80 Å². The van der Waals surface area contributed by atoms with Gasteiger partial charge in [-0.2, -0.15) is 0 Å². The second kappa shape index (κ2) is 7.61. The van der Waals surface area contributed by atoms with Gasteiger partial charge in [-0.3, -0.25) is 9.69 Å². The second-order valence-electron chi connectivity index (χ2n) is 7.18. The van der Waals surface area contributed by atoms with Gasteiger partial charge < -0.3 is 14.4 Å². The molecule has 2 aliphatic rings. The van der Waals surface area contributed by atoms with Crippen LogP contribution in [0.3, 0.4) is 0 Å². The van der Waals surface area contributed by atoms with Gasteiger partial charge in [0.2, 0.25) is 0 Å². The number of piperazine rings is 1. The van der Waals surface area contributed by atoms with E-state index in [-0.39, 0.29) is 5.91 Å². The van der Waals surface area contributed by atoms with Crippen LogP contribution in [0.5, 0.6) is 11.5 Å². The molecule has 1 unspecified atom stereocenters. The number of fused-ring (bicyclic) bond motifs is 1. The van der Waals surface area contributed by atoms with Crippen LogP contribution >= 0.6 is 0 Å². The first kappa shape index (κ1) is 17.9. The van der Waals surface area contributed by atoms with Crippen molar-refractivity contribution >= 4 is 5.91 Å². The van der Waals surface area contributed by atoms with Gasteiger partial charge in [-0.25, -0.2) is 0 Å². The number of ether oxygens (including phenoxy) is 2. The molecule has 1 fully saturated rings. The van der Waals surface area contributed by atoms with Gasteiger partial charge in [0.15, 0.2) is 0 Å². The molecule has 0 bridgehead atoms. The molecule has 5 nitrogen and oxygen atoms in total. The predicted octanol–water partition coefficient (Wildman–Crippen LogP) is 3.15. The predicted molar refractivity (Wildman–Crippen MR) is 105 cm³/mol. The number of hydrogen-bond acceptors (Lipinski definition) is 4. The molecule has 0 saturated carbocycles. The third-order valence-corrected chi connectivity index (χ3v) is 5.74. The molecule has 27 heavy (non-hydrogen) atoms. The third-order valence-electron chi connectivity index (χ3n) is 5.74. The molecule has 1 aliphatic heterocycles. The fraction of sp³-hybridized carbons (Fsp3) is 0.409. The maximum absolute atomic E-state index is 13.0. The minimum absolute atomic E-state index is 0.0404. The summed E-state index contributed by atoms with van der Waals surface area (Å²) in [5, 5.41) is 0. The number of hydrogen-bond donors (Lipinski definition) is 0. The molecule has 2 aromatic rings. The lowest BCUT2D eigenvalue weighted by Crippen LogP contribution is -2.49. The maximum atomic E-state index is 13.0. The number of rotatable bonds is 4. The Kier molecular flexibility index (Phi) is 5.03. The summed E-state index contributed by atoms with van der Waals surface area (Å²) in [5.41, 5.74) is 3.56. The van der Waals surface area contributed by atoms with E-state index in [2.05, 4.69) is 29.2 Å². The number of carbonyl (C=O) groups excluding carboxylic acids is 1. The normalized spacial score (nSPS) is 19.6. The first-order valence-electron chi connectivity index (χ1n) is 9.54. The van der Waals surface area contributed by atoms with Crippen molar-refractivity contribution in [2.45, 2.75) is 18.9 Å². The Bertz CT molecular complexity index is 806. The highest BCUT2D eigenvalue weighted by Crippen LogP contribution is 2.36. The van der Waals surface area contributed by atoms with Crippen molar-refractivity contribution in [3.63, 3.8) is 0 Å². The van der Waals surface area contributed by atoms with Crippen LogP contribution < -0.4 is 9.47 Å². The lowest BCUT2D eigenvalue weighted by Gasteiger charge is -2.38. The molecule has 142 valence electrons. The van der Waals surface area contributed by atoms with Crippen LogP contribution in [-0.2, 0) is 6.42 Å². The van der Waals surface area contributed by atoms with Crippen LogP contribution in [0.2, 0.25) is 0 Å². The Labute approximate surface area is 160 Å². The van der Waals surface area contributed by atoms with Crippen molar-refractivity contribution in [3.05, 3.63) is 59.2 Å². The largest absolute Gasteiger partial charge is 0.497 e. The van der Waals surface area contributed by atoms with Crippen molar-refractivity contribution < 1.29 is 14.3 Å². The molecule has 1 amide bonds. The van der Waals surface area contributed by atoms with Crippen molar-refractivity contribution in [2.75, 3.05) is 40.4 Å². The Hall–Kier alpha value is -2.53. The molecule has 1 heterocycles. The number of carbonyl (C=O) groups is 1.